The Hall–Kier alpha value is -1.51. The fraction of sp³-hybridized carbons (Fsp3) is 0.562. The van der Waals surface area contributed by atoms with Crippen molar-refractivity contribution in [2.24, 2.45) is 11.1 Å². The van der Waals surface area contributed by atoms with Crippen LogP contribution in [0.3, 0.4) is 0 Å². The third kappa shape index (κ3) is 2.34. The number of hydrogen-bond donors (Lipinski definition) is 1. The summed E-state index contributed by atoms with van der Waals surface area (Å²) in [4.78, 5) is 2.54. The summed E-state index contributed by atoms with van der Waals surface area (Å²) < 4.78 is 0. The van der Waals surface area contributed by atoms with E-state index in [1.807, 2.05) is 6.07 Å². The monoisotopic (exact) mass is 258 g/mol. The summed E-state index contributed by atoms with van der Waals surface area (Å²) in [5.41, 5.74) is 3.19. The molecule has 0 aromatic heterocycles. The number of rotatable bonds is 1. The van der Waals surface area contributed by atoms with Crippen LogP contribution in [-0.4, -0.2) is 23.5 Å². The lowest BCUT2D eigenvalue weighted by Crippen LogP contribution is -2.43. The zero-order valence-corrected chi connectivity index (χ0v) is 11.5. The normalized spacial score (nSPS) is 29.3. The number of benzene rings is 1. The molecule has 1 saturated carbocycles. The van der Waals surface area contributed by atoms with Gasteiger partial charge in [-0.25, -0.2) is 0 Å². The first-order valence-electron chi connectivity index (χ1n) is 7.36. The third-order valence-electron chi connectivity index (χ3n) is 4.58. The zero-order chi connectivity index (χ0) is 13.2. The average molecular weight is 258 g/mol. The standard InChI is InChI=1S/C16H22N2O/c1-12-5-4-6-13(11-12)18-10-9-15(17-19)14-7-2-3-8-16(14)18/h2-3,7-8,12-13,19H,4-6,9-11H2,1H3. The van der Waals surface area contributed by atoms with Crippen molar-refractivity contribution in [2.75, 3.05) is 11.4 Å². The molecule has 0 amide bonds. The van der Waals surface area contributed by atoms with E-state index in [9.17, 15) is 0 Å². The molecule has 3 rings (SSSR count). The Bertz CT molecular complexity index is 483. The molecule has 1 fully saturated rings. The largest absolute Gasteiger partial charge is 0.411 e. The second-order valence-electron chi connectivity index (χ2n) is 5.93. The minimum atomic E-state index is 0.658. The molecule has 1 N–H and O–H groups in total. The summed E-state index contributed by atoms with van der Waals surface area (Å²) in [6.45, 7) is 3.34. The number of fused-ring (bicyclic) bond motifs is 1. The van der Waals surface area contributed by atoms with Crippen LogP contribution in [0, 0.1) is 5.92 Å². The van der Waals surface area contributed by atoms with Crippen LogP contribution in [-0.2, 0) is 0 Å². The van der Waals surface area contributed by atoms with Crippen molar-refractivity contribution in [1.82, 2.24) is 0 Å². The van der Waals surface area contributed by atoms with Gasteiger partial charge in [0.25, 0.3) is 0 Å². The number of nitrogens with zero attached hydrogens (tertiary/aromatic N) is 2. The number of para-hydroxylation sites is 1. The highest BCUT2D eigenvalue weighted by Gasteiger charge is 2.29. The summed E-state index contributed by atoms with van der Waals surface area (Å²) in [5, 5.41) is 12.6. The van der Waals surface area contributed by atoms with Crippen molar-refractivity contribution in [3.63, 3.8) is 0 Å². The van der Waals surface area contributed by atoms with Crippen molar-refractivity contribution in [3.8, 4) is 0 Å². The predicted octanol–water partition coefficient (Wildman–Crippen LogP) is 3.65. The Labute approximate surface area is 114 Å². The van der Waals surface area contributed by atoms with Gasteiger partial charge in [0.05, 0.1) is 5.71 Å². The minimum absolute atomic E-state index is 0.658. The summed E-state index contributed by atoms with van der Waals surface area (Å²) >= 11 is 0. The Kier molecular flexibility index (Phi) is 3.45. The molecule has 102 valence electrons. The lowest BCUT2D eigenvalue weighted by atomic mass is 9.84. The number of hydrogen-bond acceptors (Lipinski definition) is 3. The predicted molar refractivity (Wildman–Crippen MR) is 78.1 cm³/mol. The molecule has 2 unspecified atom stereocenters. The molecule has 0 saturated heterocycles. The van der Waals surface area contributed by atoms with Crippen LogP contribution in [0.15, 0.2) is 29.4 Å². The topological polar surface area (TPSA) is 35.8 Å². The van der Waals surface area contributed by atoms with Crippen LogP contribution < -0.4 is 4.90 Å². The van der Waals surface area contributed by atoms with Crippen LogP contribution in [0.1, 0.15) is 44.6 Å². The van der Waals surface area contributed by atoms with E-state index >= 15 is 0 Å². The van der Waals surface area contributed by atoms with Gasteiger partial charge in [0.2, 0.25) is 0 Å². The van der Waals surface area contributed by atoms with E-state index in [1.54, 1.807) is 0 Å². The molecule has 1 aromatic carbocycles. The minimum Gasteiger partial charge on any atom is -0.411 e. The molecule has 3 heteroatoms. The van der Waals surface area contributed by atoms with Crippen molar-refractivity contribution in [1.29, 1.82) is 0 Å². The van der Waals surface area contributed by atoms with Gasteiger partial charge in [-0.2, -0.15) is 0 Å². The van der Waals surface area contributed by atoms with E-state index in [0.29, 0.717) is 6.04 Å². The van der Waals surface area contributed by atoms with Crippen molar-refractivity contribution in [2.45, 2.75) is 45.1 Å². The highest BCUT2D eigenvalue weighted by atomic mass is 16.4. The Morgan fingerprint density at radius 3 is 2.89 bits per heavy atom. The maximum absolute atomic E-state index is 9.15. The molecule has 1 aliphatic carbocycles. The fourth-order valence-corrected chi connectivity index (χ4v) is 3.62. The molecule has 0 bridgehead atoms. The lowest BCUT2D eigenvalue weighted by molar-refractivity contribution is 0.315. The first kappa shape index (κ1) is 12.5. The van der Waals surface area contributed by atoms with Gasteiger partial charge in [0, 0.05) is 30.3 Å². The first-order chi connectivity index (χ1) is 9.29. The van der Waals surface area contributed by atoms with Gasteiger partial charge < -0.3 is 10.1 Å². The van der Waals surface area contributed by atoms with Crippen molar-refractivity contribution < 1.29 is 5.21 Å². The molecule has 1 aromatic rings. The molecule has 0 spiro atoms. The summed E-state index contributed by atoms with van der Waals surface area (Å²) in [6.07, 6.45) is 6.14. The average Bonchev–Trinajstić information content (AvgIpc) is 2.46. The maximum atomic E-state index is 9.15. The smallest absolute Gasteiger partial charge is 0.0906 e. The zero-order valence-electron chi connectivity index (χ0n) is 11.5. The molecule has 19 heavy (non-hydrogen) atoms. The Balaban J connectivity index is 1.91. The highest BCUT2D eigenvalue weighted by Crippen LogP contribution is 2.35. The third-order valence-corrected chi connectivity index (χ3v) is 4.58. The first-order valence-corrected chi connectivity index (χ1v) is 7.36. The van der Waals surface area contributed by atoms with Gasteiger partial charge in [-0.05, 0) is 24.8 Å². The van der Waals surface area contributed by atoms with Gasteiger partial charge >= 0.3 is 0 Å². The van der Waals surface area contributed by atoms with Gasteiger partial charge in [0.1, 0.15) is 0 Å². The van der Waals surface area contributed by atoms with Crippen LogP contribution in [0.4, 0.5) is 5.69 Å². The van der Waals surface area contributed by atoms with Crippen molar-refractivity contribution >= 4 is 11.4 Å². The molecule has 1 aliphatic heterocycles. The van der Waals surface area contributed by atoms with E-state index in [4.69, 9.17) is 5.21 Å². The number of anilines is 1. The second kappa shape index (κ2) is 5.24. The molecule has 2 aliphatic rings. The van der Waals surface area contributed by atoms with Crippen LogP contribution in [0.2, 0.25) is 0 Å². The van der Waals surface area contributed by atoms with Gasteiger partial charge in [0.15, 0.2) is 0 Å². The molecule has 2 atom stereocenters. The van der Waals surface area contributed by atoms with E-state index in [-0.39, 0.29) is 0 Å². The molecule has 0 radical (unpaired) electrons. The summed E-state index contributed by atoms with van der Waals surface area (Å²) in [7, 11) is 0. The summed E-state index contributed by atoms with van der Waals surface area (Å²) in [5.74, 6) is 0.832. The Morgan fingerprint density at radius 2 is 2.11 bits per heavy atom. The molecular weight excluding hydrogens is 236 g/mol. The van der Waals surface area contributed by atoms with E-state index < -0.39 is 0 Å². The van der Waals surface area contributed by atoms with Gasteiger partial charge in [-0.1, -0.05) is 43.1 Å². The quantitative estimate of drug-likeness (QED) is 0.616. The molecule has 3 nitrogen and oxygen atoms in total. The van der Waals surface area contributed by atoms with E-state index in [0.717, 1.165) is 30.2 Å². The fourth-order valence-electron chi connectivity index (χ4n) is 3.62. The number of oxime groups is 1. The maximum Gasteiger partial charge on any atom is 0.0906 e. The van der Waals surface area contributed by atoms with Crippen LogP contribution in [0.25, 0.3) is 0 Å². The van der Waals surface area contributed by atoms with Crippen LogP contribution >= 0.6 is 0 Å². The summed E-state index contributed by atoms with van der Waals surface area (Å²) in [6, 6.07) is 9.00. The van der Waals surface area contributed by atoms with Gasteiger partial charge in [-0.15, -0.1) is 0 Å². The lowest BCUT2D eigenvalue weighted by Gasteiger charge is -2.41. The molecule has 1 heterocycles. The Morgan fingerprint density at radius 1 is 1.26 bits per heavy atom. The SMILES string of the molecule is CC1CCCC(N2CCC(=NO)c3ccccc32)C1. The highest BCUT2D eigenvalue weighted by molar-refractivity contribution is 6.06. The van der Waals surface area contributed by atoms with Gasteiger partial charge in [-0.3, -0.25) is 0 Å². The van der Waals surface area contributed by atoms with Crippen molar-refractivity contribution in [3.05, 3.63) is 29.8 Å². The van der Waals surface area contributed by atoms with Crippen LogP contribution in [0.5, 0.6) is 0 Å². The van der Waals surface area contributed by atoms with E-state index in [1.165, 1.54) is 31.4 Å². The molecular formula is C16H22N2O. The second-order valence-corrected chi connectivity index (χ2v) is 5.93. The van der Waals surface area contributed by atoms with E-state index in [2.05, 4.69) is 35.2 Å².